The van der Waals surface area contributed by atoms with E-state index in [0.717, 1.165) is 18.2 Å². The van der Waals surface area contributed by atoms with Gasteiger partial charge in [0.25, 0.3) is 0 Å². The third kappa shape index (κ3) is 5.31. The maximum Gasteiger partial charge on any atom is 0.416 e. The second-order valence-electron chi connectivity index (χ2n) is 7.04. The number of alkyl halides is 3. The summed E-state index contributed by atoms with van der Waals surface area (Å²) in [6.45, 7) is 0.228. The van der Waals surface area contributed by atoms with Crippen molar-refractivity contribution >= 4 is 33.2 Å². The summed E-state index contributed by atoms with van der Waals surface area (Å²) in [6.07, 6.45) is -4.10. The predicted molar refractivity (Wildman–Crippen MR) is 110 cm³/mol. The lowest BCUT2D eigenvalue weighted by atomic mass is 9.97. The van der Waals surface area contributed by atoms with Crippen LogP contribution in [0.15, 0.2) is 47.4 Å². The van der Waals surface area contributed by atoms with E-state index in [0.29, 0.717) is 5.75 Å². The lowest BCUT2D eigenvalue weighted by Gasteiger charge is -2.30. The minimum atomic E-state index is -4.56. The maximum atomic E-state index is 12.9. The van der Waals surface area contributed by atoms with Gasteiger partial charge in [-0.2, -0.15) is 17.5 Å². The van der Waals surface area contributed by atoms with Gasteiger partial charge in [0, 0.05) is 19.0 Å². The molecule has 1 saturated heterocycles. The largest absolute Gasteiger partial charge is 0.497 e. The highest BCUT2D eigenvalue weighted by Crippen LogP contribution is 2.34. The van der Waals surface area contributed by atoms with E-state index in [2.05, 4.69) is 5.32 Å². The summed E-state index contributed by atoms with van der Waals surface area (Å²) in [7, 11) is -2.25. The Labute approximate surface area is 183 Å². The van der Waals surface area contributed by atoms with Crippen LogP contribution in [-0.2, 0) is 21.0 Å². The fraction of sp³-hybridized carbons (Fsp3) is 0.350. The standard InChI is InChI=1S/C20H20ClF3N2O4S/c1-30-15-3-5-16(6-4-15)31(28,29)26-10-8-13(9-11-26)19(27)25-18-12-14(20(22,23)24)2-7-17(18)21/h2-7,12-13H,8-11H2,1H3,(H,25,27). The van der Waals surface area contributed by atoms with Gasteiger partial charge in [-0.05, 0) is 55.3 Å². The number of rotatable bonds is 5. The van der Waals surface area contributed by atoms with Crippen molar-refractivity contribution in [3.05, 3.63) is 53.1 Å². The molecule has 2 aromatic rings. The van der Waals surface area contributed by atoms with Crippen LogP contribution in [0.25, 0.3) is 0 Å². The molecule has 0 aliphatic carbocycles. The van der Waals surface area contributed by atoms with E-state index in [-0.39, 0.29) is 41.5 Å². The van der Waals surface area contributed by atoms with E-state index in [1.165, 1.54) is 23.5 Å². The molecule has 6 nitrogen and oxygen atoms in total. The molecule has 0 spiro atoms. The highest BCUT2D eigenvalue weighted by Gasteiger charge is 2.34. The minimum absolute atomic E-state index is 0.0131. The molecule has 0 bridgehead atoms. The van der Waals surface area contributed by atoms with Crippen molar-refractivity contribution in [2.75, 3.05) is 25.5 Å². The van der Waals surface area contributed by atoms with Gasteiger partial charge in [0.1, 0.15) is 5.75 Å². The zero-order valence-corrected chi connectivity index (χ0v) is 18.0. The van der Waals surface area contributed by atoms with Crippen LogP contribution in [-0.4, -0.2) is 38.8 Å². The molecule has 1 aliphatic heterocycles. The minimum Gasteiger partial charge on any atom is -0.497 e. The Balaban J connectivity index is 1.65. The summed E-state index contributed by atoms with van der Waals surface area (Å²) < 4.78 is 70.6. The molecule has 0 radical (unpaired) electrons. The summed E-state index contributed by atoms with van der Waals surface area (Å²) >= 11 is 5.92. The number of nitrogens with one attached hydrogen (secondary N) is 1. The van der Waals surface area contributed by atoms with Crippen LogP contribution in [0.5, 0.6) is 5.75 Å². The molecule has 168 valence electrons. The van der Waals surface area contributed by atoms with Crippen LogP contribution in [0.3, 0.4) is 0 Å². The third-order valence-electron chi connectivity index (χ3n) is 5.07. The molecule has 0 unspecified atom stereocenters. The smallest absolute Gasteiger partial charge is 0.416 e. The normalized spacial score (nSPS) is 16.2. The van der Waals surface area contributed by atoms with Crippen molar-refractivity contribution < 1.29 is 31.1 Å². The van der Waals surface area contributed by atoms with Crippen molar-refractivity contribution in [3.63, 3.8) is 0 Å². The van der Waals surface area contributed by atoms with Gasteiger partial charge in [0.15, 0.2) is 0 Å². The van der Waals surface area contributed by atoms with Crippen molar-refractivity contribution in [1.29, 1.82) is 0 Å². The molecule has 0 atom stereocenters. The highest BCUT2D eigenvalue weighted by molar-refractivity contribution is 7.89. The quantitative estimate of drug-likeness (QED) is 0.693. The van der Waals surface area contributed by atoms with E-state index in [1.807, 2.05) is 0 Å². The van der Waals surface area contributed by atoms with Crippen LogP contribution < -0.4 is 10.1 Å². The van der Waals surface area contributed by atoms with Crippen molar-refractivity contribution in [2.24, 2.45) is 5.92 Å². The third-order valence-corrected chi connectivity index (χ3v) is 7.32. The average molecular weight is 477 g/mol. The fourth-order valence-electron chi connectivity index (χ4n) is 3.29. The molecule has 2 aromatic carbocycles. The number of piperidine rings is 1. The number of carbonyl (C=O) groups excluding carboxylic acids is 1. The molecule has 11 heteroatoms. The zero-order valence-electron chi connectivity index (χ0n) is 16.4. The Hall–Kier alpha value is -2.30. The predicted octanol–water partition coefficient (Wildman–Crippen LogP) is 4.41. The molecule has 1 N–H and O–H groups in total. The highest BCUT2D eigenvalue weighted by atomic mass is 35.5. The van der Waals surface area contributed by atoms with Gasteiger partial charge in [-0.3, -0.25) is 4.79 Å². The molecule has 0 saturated carbocycles. The number of anilines is 1. The Kier molecular flexibility index (Phi) is 6.82. The van der Waals surface area contributed by atoms with Gasteiger partial charge >= 0.3 is 6.18 Å². The number of halogens is 4. The first-order valence-electron chi connectivity index (χ1n) is 9.34. The van der Waals surface area contributed by atoms with Crippen LogP contribution in [0.4, 0.5) is 18.9 Å². The molecule has 0 aromatic heterocycles. The number of nitrogens with zero attached hydrogens (tertiary/aromatic N) is 1. The maximum absolute atomic E-state index is 12.9. The molecule has 3 rings (SSSR count). The Morgan fingerprint density at radius 3 is 2.29 bits per heavy atom. The number of sulfonamides is 1. The molecule has 1 amide bonds. The number of hydrogen-bond acceptors (Lipinski definition) is 4. The van der Waals surface area contributed by atoms with Crippen LogP contribution in [0, 0.1) is 5.92 Å². The molecule has 31 heavy (non-hydrogen) atoms. The van der Waals surface area contributed by atoms with Crippen molar-refractivity contribution in [2.45, 2.75) is 23.9 Å². The summed E-state index contributed by atoms with van der Waals surface area (Å²) in [5.41, 5.74) is -1.05. The van der Waals surface area contributed by atoms with Crippen molar-refractivity contribution in [3.8, 4) is 5.75 Å². The van der Waals surface area contributed by atoms with E-state index in [1.54, 1.807) is 12.1 Å². The topological polar surface area (TPSA) is 75.7 Å². The van der Waals surface area contributed by atoms with E-state index in [4.69, 9.17) is 16.3 Å². The Morgan fingerprint density at radius 1 is 1.13 bits per heavy atom. The lowest BCUT2D eigenvalue weighted by Crippen LogP contribution is -2.41. The summed E-state index contributed by atoms with van der Waals surface area (Å²) in [6, 6.07) is 8.68. The molecular formula is C20H20ClF3N2O4S. The number of ether oxygens (including phenoxy) is 1. The molecule has 1 heterocycles. The number of methoxy groups -OCH3 is 1. The van der Waals surface area contributed by atoms with Gasteiger partial charge in [-0.25, -0.2) is 8.42 Å². The van der Waals surface area contributed by atoms with Gasteiger partial charge in [-0.15, -0.1) is 0 Å². The monoisotopic (exact) mass is 476 g/mol. The van der Waals surface area contributed by atoms with Crippen LogP contribution in [0.2, 0.25) is 5.02 Å². The zero-order chi connectivity index (χ0) is 22.8. The first-order chi connectivity index (χ1) is 14.5. The second-order valence-corrected chi connectivity index (χ2v) is 9.38. The summed E-state index contributed by atoms with van der Waals surface area (Å²) in [5.74, 6) is -0.516. The first kappa shape index (κ1) is 23.4. The number of benzene rings is 2. The fourth-order valence-corrected chi connectivity index (χ4v) is 4.92. The van der Waals surface area contributed by atoms with E-state index >= 15 is 0 Å². The number of hydrogen-bond donors (Lipinski definition) is 1. The number of amides is 1. The van der Waals surface area contributed by atoms with Crippen LogP contribution in [0.1, 0.15) is 18.4 Å². The number of carbonyl (C=O) groups is 1. The van der Waals surface area contributed by atoms with Gasteiger partial charge < -0.3 is 10.1 Å². The van der Waals surface area contributed by atoms with Crippen LogP contribution >= 0.6 is 11.6 Å². The van der Waals surface area contributed by atoms with E-state index < -0.39 is 33.6 Å². The van der Waals surface area contributed by atoms with E-state index in [9.17, 15) is 26.4 Å². The molecular weight excluding hydrogens is 457 g/mol. The van der Waals surface area contributed by atoms with Gasteiger partial charge in [0.2, 0.25) is 15.9 Å². The van der Waals surface area contributed by atoms with Crippen molar-refractivity contribution in [1.82, 2.24) is 4.31 Å². The second kappa shape index (κ2) is 9.05. The summed E-state index contributed by atoms with van der Waals surface area (Å²) in [5, 5.41) is 2.42. The molecule has 1 fully saturated rings. The SMILES string of the molecule is COc1ccc(S(=O)(=O)N2CCC(C(=O)Nc3cc(C(F)(F)F)ccc3Cl)CC2)cc1. The van der Waals surface area contributed by atoms with Gasteiger partial charge in [0.05, 0.1) is 28.3 Å². The summed E-state index contributed by atoms with van der Waals surface area (Å²) in [4.78, 5) is 12.7. The average Bonchev–Trinajstić information content (AvgIpc) is 2.74. The van der Waals surface area contributed by atoms with Gasteiger partial charge in [-0.1, -0.05) is 11.6 Å². The lowest BCUT2D eigenvalue weighted by molar-refractivity contribution is -0.137. The molecule has 1 aliphatic rings. The Bertz CT molecular complexity index is 1050. The first-order valence-corrected chi connectivity index (χ1v) is 11.2. The Morgan fingerprint density at radius 2 is 1.74 bits per heavy atom.